The van der Waals surface area contributed by atoms with Crippen LogP contribution >= 0.6 is 0 Å². The van der Waals surface area contributed by atoms with Crippen LogP contribution in [0, 0.1) is 0 Å². The average Bonchev–Trinajstić information content (AvgIpc) is 2.13. The zero-order valence-electron chi connectivity index (χ0n) is 10.4. The van der Waals surface area contributed by atoms with E-state index >= 15 is 0 Å². The number of rotatable bonds is 6. The molecular weight excluding hydrogens is 226 g/mol. The summed E-state index contributed by atoms with van der Waals surface area (Å²) >= 11 is 0. The first kappa shape index (κ1) is 15.1. The maximum absolute atomic E-state index is 11.6. The summed E-state index contributed by atoms with van der Waals surface area (Å²) in [5.74, 6) is -1.19. The lowest BCUT2D eigenvalue weighted by molar-refractivity contribution is -0.148. The standard InChI is InChI=1S/C10H21NO4Si/c1-8(10(13)14)11(2)9(12)6-5-7-16(3,4)15/h8,15H,5-7H2,1-4H3,(H,13,14)/t8-/m0/s1. The summed E-state index contributed by atoms with van der Waals surface area (Å²) < 4.78 is 0. The van der Waals surface area contributed by atoms with Crippen molar-refractivity contribution in [1.29, 1.82) is 0 Å². The minimum atomic E-state index is -2.09. The zero-order chi connectivity index (χ0) is 12.9. The Labute approximate surface area is 97.2 Å². The predicted octanol–water partition coefficient (Wildman–Crippen LogP) is 0.895. The first-order chi connectivity index (χ1) is 7.15. The summed E-state index contributed by atoms with van der Waals surface area (Å²) in [6, 6.07) is -0.138. The number of aliphatic carboxylic acids is 1. The molecule has 0 rings (SSSR count). The van der Waals surface area contributed by atoms with Crippen molar-refractivity contribution in [3.8, 4) is 0 Å². The molecule has 0 aromatic rings. The van der Waals surface area contributed by atoms with Crippen molar-refractivity contribution in [3.05, 3.63) is 0 Å². The number of nitrogens with zero attached hydrogens (tertiary/aromatic N) is 1. The van der Waals surface area contributed by atoms with E-state index in [2.05, 4.69) is 0 Å². The summed E-state index contributed by atoms with van der Waals surface area (Å²) in [5, 5.41) is 8.73. The highest BCUT2D eigenvalue weighted by Gasteiger charge is 2.22. The second-order valence-electron chi connectivity index (χ2n) is 4.68. The maximum atomic E-state index is 11.6. The molecule has 0 heterocycles. The Morgan fingerprint density at radius 2 is 1.88 bits per heavy atom. The molecule has 0 fully saturated rings. The third kappa shape index (κ3) is 5.87. The van der Waals surface area contributed by atoms with Crippen molar-refractivity contribution >= 4 is 20.2 Å². The lowest BCUT2D eigenvalue weighted by atomic mass is 10.2. The quantitative estimate of drug-likeness (QED) is 0.683. The van der Waals surface area contributed by atoms with Gasteiger partial charge in [-0.3, -0.25) is 4.79 Å². The Morgan fingerprint density at radius 1 is 1.38 bits per heavy atom. The van der Waals surface area contributed by atoms with Gasteiger partial charge in [-0.15, -0.1) is 0 Å². The highest BCUT2D eigenvalue weighted by Crippen LogP contribution is 2.11. The van der Waals surface area contributed by atoms with Crippen LogP contribution in [0.4, 0.5) is 0 Å². The molecule has 0 aliphatic rings. The van der Waals surface area contributed by atoms with E-state index in [-0.39, 0.29) is 5.91 Å². The van der Waals surface area contributed by atoms with Gasteiger partial charge in [0.15, 0.2) is 8.32 Å². The number of carbonyl (C=O) groups excluding carboxylic acids is 1. The third-order valence-corrected chi connectivity index (χ3v) is 4.09. The van der Waals surface area contributed by atoms with Gasteiger partial charge in [-0.2, -0.15) is 0 Å². The number of carbonyl (C=O) groups is 2. The molecule has 0 radical (unpaired) electrons. The summed E-state index contributed by atoms with van der Waals surface area (Å²) in [7, 11) is -0.606. The normalized spacial score (nSPS) is 13.3. The first-order valence-corrected chi connectivity index (χ1v) is 8.51. The van der Waals surface area contributed by atoms with Gasteiger partial charge in [-0.05, 0) is 32.5 Å². The Hall–Kier alpha value is -0.883. The fourth-order valence-electron chi connectivity index (χ4n) is 1.23. The molecule has 1 atom stereocenters. The lowest BCUT2D eigenvalue weighted by Gasteiger charge is -2.22. The van der Waals surface area contributed by atoms with Gasteiger partial charge in [-0.25, -0.2) is 4.79 Å². The van der Waals surface area contributed by atoms with E-state index in [0.717, 1.165) is 0 Å². The van der Waals surface area contributed by atoms with Crippen LogP contribution < -0.4 is 0 Å². The van der Waals surface area contributed by atoms with Crippen LogP contribution in [0.3, 0.4) is 0 Å². The molecule has 94 valence electrons. The van der Waals surface area contributed by atoms with Crippen LogP contribution in [0.15, 0.2) is 0 Å². The Balaban J connectivity index is 4.03. The number of hydrogen-bond donors (Lipinski definition) is 2. The fourth-order valence-corrected chi connectivity index (χ4v) is 2.27. The molecule has 6 heteroatoms. The number of carboxylic acid groups (broad SMARTS) is 1. The van der Waals surface area contributed by atoms with Gasteiger partial charge in [-0.1, -0.05) is 0 Å². The molecule has 16 heavy (non-hydrogen) atoms. The van der Waals surface area contributed by atoms with Crippen molar-refractivity contribution in [2.75, 3.05) is 7.05 Å². The number of amides is 1. The van der Waals surface area contributed by atoms with E-state index in [1.807, 2.05) is 13.1 Å². The maximum Gasteiger partial charge on any atom is 0.326 e. The molecule has 0 bridgehead atoms. The van der Waals surface area contributed by atoms with E-state index in [9.17, 15) is 14.4 Å². The van der Waals surface area contributed by atoms with Gasteiger partial charge in [0, 0.05) is 13.5 Å². The summed E-state index contributed by atoms with van der Waals surface area (Å²) in [5.41, 5.74) is 0. The molecule has 0 aliphatic carbocycles. The second-order valence-corrected chi connectivity index (χ2v) is 8.81. The molecule has 0 spiro atoms. The smallest absolute Gasteiger partial charge is 0.326 e. The lowest BCUT2D eigenvalue weighted by Crippen LogP contribution is -2.40. The van der Waals surface area contributed by atoms with Crippen LogP contribution in [0.25, 0.3) is 0 Å². The molecule has 0 aromatic carbocycles. The highest BCUT2D eigenvalue weighted by atomic mass is 28.4. The van der Waals surface area contributed by atoms with Gasteiger partial charge < -0.3 is 14.8 Å². The Bertz CT molecular complexity index is 262. The molecule has 0 saturated heterocycles. The molecule has 2 N–H and O–H groups in total. The summed E-state index contributed by atoms with van der Waals surface area (Å²) in [6.07, 6.45) is 0.913. The van der Waals surface area contributed by atoms with Gasteiger partial charge in [0.25, 0.3) is 0 Å². The van der Waals surface area contributed by atoms with Gasteiger partial charge in [0.1, 0.15) is 6.04 Å². The van der Waals surface area contributed by atoms with E-state index in [4.69, 9.17) is 5.11 Å². The van der Waals surface area contributed by atoms with Gasteiger partial charge >= 0.3 is 5.97 Å². The zero-order valence-corrected chi connectivity index (χ0v) is 11.4. The second kappa shape index (κ2) is 6.00. The molecule has 0 saturated carbocycles. The third-order valence-electron chi connectivity index (χ3n) is 2.51. The SMILES string of the molecule is C[C@@H](C(=O)O)N(C)C(=O)CCC[Si](C)(C)O. The fraction of sp³-hybridized carbons (Fsp3) is 0.800. The van der Waals surface area contributed by atoms with Crippen LogP contribution in [-0.4, -0.2) is 48.1 Å². The van der Waals surface area contributed by atoms with Crippen LogP contribution in [0.2, 0.25) is 19.1 Å². The van der Waals surface area contributed by atoms with Crippen molar-refractivity contribution in [2.24, 2.45) is 0 Å². The largest absolute Gasteiger partial charge is 0.480 e. The molecule has 1 amide bonds. The Morgan fingerprint density at radius 3 is 2.25 bits per heavy atom. The number of likely N-dealkylation sites (N-methyl/N-ethyl adjacent to an activating group) is 1. The van der Waals surface area contributed by atoms with Crippen molar-refractivity contribution < 1.29 is 19.5 Å². The first-order valence-electron chi connectivity index (χ1n) is 5.36. The molecule has 5 nitrogen and oxygen atoms in total. The minimum Gasteiger partial charge on any atom is -0.480 e. The molecule has 0 unspecified atom stereocenters. The Kier molecular flexibility index (Phi) is 5.67. The summed E-state index contributed by atoms with van der Waals surface area (Å²) in [6.45, 7) is 5.12. The summed E-state index contributed by atoms with van der Waals surface area (Å²) in [4.78, 5) is 33.0. The topological polar surface area (TPSA) is 77.8 Å². The van der Waals surface area contributed by atoms with Crippen molar-refractivity contribution in [3.63, 3.8) is 0 Å². The van der Waals surface area contributed by atoms with E-state index in [1.165, 1.54) is 18.9 Å². The van der Waals surface area contributed by atoms with E-state index in [1.54, 1.807) is 0 Å². The molecule has 0 aromatic heterocycles. The van der Waals surface area contributed by atoms with E-state index < -0.39 is 20.3 Å². The van der Waals surface area contributed by atoms with Crippen LogP contribution in [0.1, 0.15) is 19.8 Å². The van der Waals surface area contributed by atoms with E-state index in [0.29, 0.717) is 18.9 Å². The van der Waals surface area contributed by atoms with Crippen LogP contribution in [0.5, 0.6) is 0 Å². The van der Waals surface area contributed by atoms with Crippen LogP contribution in [-0.2, 0) is 9.59 Å². The number of hydrogen-bond acceptors (Lipinski definition) is 3. The number of carboxylic acids is 1. The van der Waals surface area contributed by atoms with Gasteiger partial charge in [0.2, 0.25) is 5.91 Å². The molecule has 0 aliphatic heterocycles. The van der Waals surface area contributed by atoms with Crippen molar-refractivity contribution in [2.45, 2.75) is 44.9 Å². The predicted molar refractivity (Wildman–Crippen MR) is 63.6 cm³/mol. The minimum absolute atomic E-state index is 0.187. The molecular formula is C10H21NO4Si. The van der Waals surface area contributed by atoms with Gasteiger partial charge in [0.05, 0.1) is 0 Å². The monoisotopic (exact) mass is 247 g/mol. The van der Waals surface area contributed by atoms with Crippen molar-refractivity contribution in [1.82, 2.24) is 4.90 Å². The average molecular weight is 247 g/mol. The highest BCUT2D eigenvalue weighted by molar-refractivity contribution is 6.69.